The Bertz CT molecular complexity index is 564. The van der Waals surface area contributed by atoms with Crippen LogP contribution < -0.4 is 15.8 Å². The summed E-state index contributed by atoms with van der Waals surface area (Å²) in [6.07, 6.45) is -1.26. The molecule has 0 fully saturated rings. The van der Waals surface area contributed by atoms with Crippen molar-refractivity contribution in [3.63, 3.8) is 0 Å². The maximum atomic E-state index is 13.2. The monoisotopic (exact) mass is 361 g/mol. The zero-order chi connectivity index (χ0) is 18.2. The maximum absolute atomic E-state index is 13.2. The van der Waals surface area contributed by atoms with Gasteiger partial charge in [0.25, 0.3) is 0 Å². The van der Waals surface area contributed by atoms with Crippen molar-refractivity contribution in [2.24, 2.45) is 5.73 Å². The number of rotatable bonds is 9. The minimum absolute atomic E-state index is 0.0269. The van der Waals surface area contributed by atoms with Crippen LogP contribution in [0.4, 0.5) is 13.2 Å². The Morgan fingerprint density at radius 2 is 2.21 bits per heavy atom. The molecule has 0 heterocycles. The van der Waals surface area contributed by atoms with Crippen LogP contribution in [0, 0.1) is 5.41 Å². The number of ether oxygens (including phenoxy) is 1. The van der Waals surface area contributed by atoms with Crippen LogP contribution in [0.25, 0.3) is 0 Å². The maximum Gasteiger partial charge on any atom is 0.419 e. The largest absolute Gasteiger partial charge is 0.489 e. The van der Waals surface area contributed by atoms with E-state index in [0.717, 1.165) is 30.7 Å². The summed E-state index contributed by atoms with van der Waals surface area (Å²) in [5.41, 5.74) is 4.51. The summed E-state index contributed by atoms with van der Waals surface area (Å²) in [4.78, 5) is 0. The Morgan fingerprint density at radius 1 is 1.50 bits per heavy atom. The summed E-state index contributed by atoms with van der Waals surface area (Å²) in [5.74, 6) is -0.283. The number of alkyl halides is 3. The minimum Gasteiger partial charge on any atom is -0.489 e. The van der Waals surface area contributed by atoms with Crippen molar-refractivity contribution in [2.75, 3.05) is 13.2 Å². The van der Waals surface area contributed by atoms with Gasteiger partial charge in [0.1, 0.15) is 17.9 Å². The summed E-state index contributed by atoms with van der Waals surface area (Å²) in [6, 6.07) is 3.54. The molecule has 4 nitrogen and oxygen atoms in total. The Kier molecular flexibility index (Phi) is 8.30. The van der Waals surface area contributed by atoms with Crippen LogP contribution in [0.3, 0.4) is 0 Å². The highest BCUT2D eigenvalue weighted by atomic mass is 32.2. The number of hydrogen-bond acceptors (Lipinski definition) is 5. The van der Waals surface area contributed by atoms with Crippen molar-refractivity contribution in [1.29, 1.82) is 5.41 Å². The molecular formula is C16H22F3N3OS. The second kappa shape index (κ2) is 9.71. The van der Waals surface area contributed by atoms with E-state index in [-0.39, 0.29) is 23.0 Å². The summed E-state index contributed by atoms with van der Waals surface area (Å²) in [6.45, 7) is 6.12. The molecule has 0 aliphatic heterocycles. The van der Waals surface area contributed by atoms with Crippen molar-refractivity contribution in [1.82, 2.24) is 5.32 Å². The van der Waals surface area contributed by atoms with E-state index in [1.54, 1.807) is 0 Å². The topological polar surface area (TPSA) is 71.1 Å². The summed E-state index contributed by atoms with van der Waals surface area (Å²) in [5, 5.41) is 10.9. The Hall–Kier alpha value is -1.51. The van der Waals surface area contributed by atoms with E-state index in [9.17, 15) is 13.2 Å². The number of nitrogens with two attached hydrogens (primary N) is 1. The molecule has 0 radical (unpaired) electrons. The molecule has 1 aromatic rings. The van der Waals surface area contributed by atoms with Crippen molar-refractivity contribution in [3.05, 3.63) is 42.0 Å². The van der Waals surface area contributed by atoms with Crippen LogP contribution in [0.1, 0.15) is 30.9 Å². The molecule has 0 spiro atoms. The van der Waals surface area contributed by atoms with Gasteiger partial charge in [0.15, 0.2) is 0 Å². The third-order valence-electron chi connectivity index (χ3n) is 3.02. The first kappa shape index (κ1) is 20.5. The van der Waals surface area contributed by atoms with E-state index >= 15 is 0 Å². The molecule has 0 saturated heterocycles. The molecule has 1 aromatic carbocycles. The van der Waals surface area contributed by atoms with Gasteiger partial charge in [-0.25, -0.2) is 0 Å². The average Bonchev–Trinajstić information content (AvgIpc) is 2.52. The number of halogens is 3. The van der Waals surface area contributed by atoms with Gasteiger partial charge in [0.05, 0.1) is 10.6 Å². The smallest absolute Gasteiger partial charge is 0.419 e. The van der Waals surface area contributed by atoms with Crippen LogP contribution >= 0.6 is 11.8 Å². The molecular weight excluding hydrogens is 339 g/mol. The normalized spacial score (nSPS) is 12.7. The minimum atomic E-state index is -4.57. The van der Waals surface area contributed by atoms with Crippen molar-refractivity contribution >= 4 is 16.8 Å². The lowest BCUT2D eigenvalue weighted by atomic mass is 10.1. The van der Waals surface area contributed by atoms with E-state index in [4.69, 9.17) is 15.9 Å². The van der Waals surface area contributed by atoms with Gasteiger partial charge in [0, 0.05) is 5.56 Å². The second-order valence-corrected chi connectivity index (χ2v) is 6.14. The van der Waals surface area contributed by atoms with E-state index < -0.39 is 17.2 Å². The molecule has 0 amide bonds. The van der Waals surface area contributed by atoms with Gasteiger partial charge in [-0.15, -0.1) is 0 Å². The highest BCUT2D eigenvalue weighted by Crippen LogP contribution is 2.37. The lowest BCUT2D eigenvalue weighted by molar-refractivity contribution is -0.138. The average molecular weight is 361 g/mol. The zero-order valence-electron chi connectivity index (χ0n) is 13.5. The summed E-state index contributed by atoms with van der Waals surface area (Å²) in [7, 11) is 0. The van der Waals surface area contributed by atoms with E-state index in [1.807, 2.05) is 6.92 Å². The predicted octanol–water partition coefficient (Wildman–Crippen LogP) is 3.96. The highest BCUT2D eigenvalue weighted by Gasteiger charge is 2.35. The molecule has 8 heteroatoms. The molecule has 0 bridgehead atoms. The predicted molar refractivity (Wildman–Crippen MR) is 92.4 cm³/mol. The zero-order valence-corrected chi connectivity index (χ0v) is 14.3. The lowest BCUT2D eigenvalue weighted by Crippen LogP contribution is -2.35. The molecule has 0 aromatic heterocycles. The number of nitrogens with one attached hydrogen (secondary N) is 2. The first-order valence-electron chi connectivity index (χ1n) is 7.49. The SMILES string of the molecule is C=CCOc1ccc(C(=N)SC(N)NCCCC)cc1C(F)(F)F. The van der Waals surface area contributed by atoms with Gasteiger partial charge in [-0.2, -0.15) is 13.2 Å². The van der Waals surface area contributed by atoms with Crippen molar-refractivity contribution < 1.29 is 17.9 Å². The van der Waals surface area contributed by atoms with Gasteiger partial charge in [-0.3, -0.25) is 10.7 Å². The quantitative estimate of drug-likeness (QED) is 0.205. The number of benzene rings is 1. The van der Waals surface area contributed by atoms with Crippen LogP contribution in [0.2, 0.25) is 0 Å². The van der Waals surface area contributed by atoms with Crippen LogP contribution in [0.15, 0.2) is 30.9 Å². The van der Waals surface area contributed by atoms with Crippen molar-refractivity contribution in [2.45, 2.75) is 31.4 Å². The van der Waals surface area contributed by atoms with Gasteiger partial charge < -0.3 is 10.5 Å². The van der Waals surface area contributed by atoms with Gasteiger partial charge in [-0.1, -0.05) is 37.8 Å². The first-order chi connectivity index (χ1) is 11.3. The molecule has 0 aliphatic carbocycles. The molecule has 134 valence electrons. The van der Waals surface area contributed by atoms with E-state index in [2.05, 4.69) is 11.9 Å². The fourth-order valence-corrected chi connectivity index (χ4v) is 2.54. The number of unbranched alkanes of at least 4 members (excludes halogenated alkanes) is 1. The third kappa shape index (κ3) is 6.54. The Balaban J connectivity index is 2.87. The molecule has 0 saturated carbocycles. The number of thioether (sulfide) groups is 1. The van der Waals surface area contributed by atoms with Gasteiger partial charge >= 0.3 is 6.18 Å². The Labute approximate surface area is 144 Å². The molecule has 24 heavy (non-hydrogen) atoms. The van der Waals surface area contributed by atoms with Crippen LogP contribution in [-0.4, -0.2) is 23.7 Å². The van der Waals surface area contributed by atoms with E-state index in [0.29, 0.717) is 6.54 Å². The number of hydrogen-bond donors (Lipinski definition) is 3. The highest BCUT2D eigenvalue weighted by molar-refractivity contribution is 8.14. The van der Waals surface area contributed by atoms with Gasteiger partial charge in [0.2, 0.25) is 0 Å². The molecule has 1 rings (SSSR count). The standard InChI is InChI=1S/C16H22F3N3OS/c1-3-5-8-22-15(21)24-14(20)11-6-7-13(23-9-4-2)12(10-11)16(17,18)19/h4,6-7,10,15,20,22H,2-3,5,8-9,21H2,1H3. The second-order valence-electron chi connectivity index (χ2n) is 4.98. The molecule has 0 aliphatic rings. The lowest BCUT2D eigenvalue weighted by Gasteiger charge is -2.17. The van der Waals surface area contributed by atoms with Crippen LogP contribution in [-0.2, 0) is 6.18 Å². The summed E-state index contributed by atoms with van der Waals surface area (Å²) < 4.78 is 44.5. The molecule has 4 N–H and O–H groups in total. The third-order valence-corrected chi connectivity index (χ3v) is 3.92. The molecule has 1 atom stereocenters. The van der Waals surface area contributed by atoms with E-state index in [1.165, 1.54) is 18.2 Å². The fourth-order valence-electron chi connectivity index (χ4n) is 1.83. The van der Waals surface area contributed by atoms with Crippen molar-refractivity contribution in [3.8, 4) is 5.75 Å². The Morgan fingerprint density at radius 3 is 2.79 bits per heavy atom. The molecule has 1 unspecified atom stereocenters. The van der Waals surface area contributed by atoms with Gasteiger partial charge in [-0.05, 0) is 31.2 Å². The summed E-state index contributed by atoms with van der Waals surface area (Å²) >= 11 is 0.972. The first-order valence-corrected chi connectivity index (χ1v) is 8.37. The van der Waals surface area contributed by atoms with Crippen LogP contribution in [0.5, 0.6) is 5.75 Å². The fraction of sp³-hybridized carbons (Fsp3) is 0.438.